The van der Waals surface area contributed by atoms with Crippen LogP contribution in [0.15, 0.2) is 42.7 Å². The van der Waals surface area contributed by atoms with E-state index in [1.165, 1.54) is 11.1 Å². The fraction of sp³-hybridized carbons (Fsp3) is 0.154. The van der Waals surface area contributed by atoms with E-state index in [-0.39, 0.29) is 0 Å². The summed E-state index contributed by atoms with van der Waals surface area (Å²) in [5.74, 6) is 0. The van der Waals surface area contributed by atoms with Crippen LogP contribution in [0.2, 0.25) is 0 Å². The quantitative estimate of drug-likeness (QED) is 0.816. The van der Waals surface area contributed by atoms with E-state index < -0.39 is 0 Å². The number of aromatic nitrogens is 1. The molecule has 15 heavy (non-hydrogen) atoms. The molecule has 2 N–H and O–H groups in total. The van der Waals surface area contributed by atoms with Gasteiger partial charge in [0.15, 0.2) is 0 Å². The summed E-state index contributed by atoms with van der Waals surface area (Å²) in [7, 11) is 0. The minimum atomic E-state index is 0.562. The summed E-state index contributed by atoms with van der Waals surface area (Å²) >= 11 is 0. The van der Waals surface area contributed by atoms with E-state index in [2.05, 4.69) is 23.2 Å². The van der Waals surface area contributed by atoms with Crippen LogP contribution in [0.1, 0.15) is 16.7 Å². The summed E-state index contributed by atoms with van der Waals surface area (Å²) in [6, 6.07) is 13.0. The first-order valence-corrected chi connectivity index (χ1v) is 4.97. The van der Waals surface area contributed by atoms with E-state index in [0.29, 0.717) is 6.54 Å². The maximum absolute atomic E-state index is 5.67. The zero-order valence-corrected chi connectivity index (χ0v) is 8.48. The van der Waals surface area contributed by atoms with E-state index in [9.17, 15) is 0 Å². The summed E-state index contributed by atoms with van der Waals surface area (Å²) in [5, 5.41) is 0. The fourth-order valence-electron chi connectivity index (χ4n) is 1.58. The predicted molar refractivity (Wildman–Crippen MR) is 60.2 cm³/mol. The van der Waals surface area contributed by atoms with Crippen molar-refractivity contribution in [2.75, 3.05) is 0 Å². The Balaban J connectivity index is 2.24. The first-order valence-electron chi connectivity index (χ1n) is 4.97. The highest BCUT2D eigenvalue weighted by molar-refractivity contribution is 5.31. The van der Waals surface area contributed by atoms with Gasteiger partial charge in [0.25, 0.3) is 0 Å². The van der Waals surface area contributed by atoms with E-state index >= 15 is 0 Å². The number of pyridine rings is 1. The standard InChI is InChI=1S/C13H13N2/c14-9-13-6-2-1-5-12(13)8-11-4-3-7-15-10-11/h1,3-7,10H,8-9,14H2. The Morgan fingerprint density at radius 3 is 2.93 bits per heavy atom. The number of hydrogen-bond acceptors (Lipinski definition) is 2. The number of rotatable bonds is 3. The molecule has 0 spiro atoms. The van der Waals surface area contributed by atoms with Crippen LogP contribution in [-0.4, -0.2) is 4.98 Å². The maximum atomic E-state index is 5.67. The van der Waals surface area contributed by atoms with Gasteiger partial charge in [-0.1, -0.05) is 18.2 Å². The Morgan fingerprint density at radius 2 is 2.20 bits per heavy atom. The largest absolute Gasteiger partial charge is 0.326 e. The molecule has 75 valence electrons. The fourth-order valence-corrected chi connectivity index (χ4v) is 1.58. The first-order chi connectivity index (χ1) is 7.40. The van der Waals surface area contributed by atoms with E-state index in [0.717, 1.165) is 12.0 Å². The van der Waals surface area contributed by atoms with Crippen LogP contribution < -0.4 is 5.73 Å². The zero-order valence-electron chi connectivity index (χ0n) is 8.48. The number of nitrogens with zero attached hydrogens (tertiary/aromatic N) is 1. The van der Waals surface area contributed by atoms with Crippen molar-refractivity contribution >= 4 is 0 Å². The highest BCUT2D eigenvalue weighted by atomic mass is 14.6. The summed E-state index contributed by atoms with van der Waals surface area (Å²) in [6.07, 6.45) is 4.55. The van der Waals surface area contributed by atoms with Gasteiger partial charge in [0.2, 0.25) is 0 Å². The van der Waals surface area contributed by atoms with Crippen LogP contribution in [0.3, 0.4) is 0 Å². The Kier molecular flexibility index (Phi) is 3.10. The summed E-state index contributed by atoms with van der Waals surface area (Å²) in [5.41, 5.74) is 9.28. The summed E-state index contributed by atoms with van der Waals surface area (Å²) < 4.78 is 0. The van der Waals surface area contributed by atoms with Gasteiger partial charge in [0.1, 0.15) is 0 Å². The Morgan fingerprint density at radius 1 is 1.27 bits per heavy atom. The van der Waals surface area contributed by atoms with Crippen LogP contribution >= 0.6 is 0 Å². The first kappa shape index (κ1) is 9.87. The van der Waals surface area contributed by atoms with Crippen LogP contribution in [-0.2, 0) is 13.0 Å². The Hall–Kier alpha value is -1.67. The van der Waals surface area contributed by atoms with Crippen molar-refractivity contribution in [1.29, 1.82) is 0 Å². The lowest BCUT2D eigenvalue weighted by Crippen LogP contribution is -2.02. The molecule has 2 heteroatoms. The zero-order chi connectivity index (χ0) is 10.5. The van der Waals surface area contributed by atoms with Gasteiger partial charge in [-0.15, -0.1) is 0 Å². The summed E-state index contributed by atoms with van der Waals surface area (Å²) in [4.78, 5) is 4.10. The van der Waals surface area contributed by atoms with Crippen molar-refractivity contribution in [2.24, 2.45) is 5.73 Å². The second kappa shape index (κ2) is 4.71. The average molecular weight is 197 g/mol. The third-order valence-corrected chi connectivity index (χ3v) is 2.39. The van der Waals surface area contributed by atoms with Gasteiger partial charge in [-0.05, 0) is 41.3 Å². The third-order valence-electron chi connectivity index (χ3n) is 2.39. The SMILES string of the molecule is NCc1c[c]ccc1Cc1cccnc1. The average Bonchev–Trinajstić information content (AvgIpc) is 2.31. The molecule has 1 heterocycles. The van der Waals surface area contributed by atoms with Gasteiger partial charge in [-0.2, -0.15) is 0 Å². The minimum Gasteiger partial charge on any atom is -0.326 e. The highest BCUT2D eigenvalue weighted by Gasteiger charge is 2.00. The second-order valence-corrected chi connectivity index (χ2v) is 3.44. The van der Waals surface area contributed by atoms with Gasteiger partial charge < -0.3 is 5.73 Å². The molecule has 0 unspecified atom stereocenters. The topological polar surface area (TPSA) is 38.9 Å². The molecular formula is C13H13N2. The number of nitrogens with two attached hydrogens (primary N) is 1. The van der Waals surface area contributed by atoms with Crippen LogP contribution in [0.5, 0.6) is 0 Å². The normalized spacial score (nSPS) is 10.2. The Labute approximate surface area is 89.8 Å². The van der Waals surface area contributed by atoms with E-state index in [4.69, 9.17) is 5.73 Å². The molecule has 0 aliphatic rings. The van der Waals surface area contributed by atoms with Gasteiger partial charge in [0, 0.05) is 18.9 Å². The maximum Gasteiger partial charge on any atom is 0.0303 e. The molecule has 1 aromatic carbocycles. The van der Waals surface area contributed by atoms with Gasteiger partial charge >= 0.3 is 0 Å². The summed E-state index contributed by atoms with van der Waals surface area (Å²) in [6.45, 7) is 0.562. The predicted octanol–water partition coefficient (Wildman–Crippen LogP) is 1.93. The van der Waals surface area contributed by atoms with Crippen molar-refractivity contribution in [3.8, 4) is 0 Å². The van der Waals surface area contributed by atoms with Crippen LogP contribution in [0.25, 0.3) is 0 Å². The van der Waals surface area contributed by atoms with Gasteiger partial charge in [0.05, 0.1) is 0 Å². The van der Waals surface area contributed by atoms with Crippen molar-refractivity contribution < 1.29 is 0 Å². The molecule has 1 aromatic heterocycles. The molecule has 0 bridgehead atoms. The van der Waals surface area contributed by atoms with Crippen molar-refractivity contribution in [1.82, 2.24) is 4.98 Å². The molecule has 0 saturated heterocycles. The Bertz CT molecular complexity index is 424. The molecule has 0 fully saturated rings. The monoisotopic (exact) mass is 197 g/mol. The molecule has 2 rings (SSSR count). The molecule has 1 radical (unpaired) electrons. The smallest absolute Gasteiger partial charge is 0.0303 e. The molecule has 0 atom stereocenters. The lowest BCUT2D eigenvalue weighted by atomic mass is 10.0. The highest BCUT2D eigenvalue weighted by Crippen LogP contribution is 2.12. The minimum absolute atomic E-state index is 0.562. The molecule has 2 nitrogen and oxygen atoms in total. The molecular weight excluding hydrogens is 184 g/mol. The molecule has 0 amide bonds. The van der Waals surface area contributed by atoms with Crippen LogP contribution in [0, 0.1) is 6.07 Å². The van der Waals surface area contributed by atoms with Crippen molar-refractivity contribution in [3.05, 3.63) is 65.5 Å². The van der Waals surface area contributed by atoms with Crippen LogP contribution in [0.4, 0.5) is 0 Å². The van der Waals surface area contributed by atoms with E-state index in [1.54, 1.807) is 6.20 Å². The molecule has 0 saturated carbocycles. The van der Waals surface area contributed by atoms with Gasteiger partial charge in [-0.25, -0.2) is 0 Å². The molecule has 0 aliphatic heterocycles. The second-order valence-electron chi connectivity index (χ2n) is 3.44. The van der Waals surface area contributed by atoms with Crippen molar-refractivity contribution in [3.63, 3.8) is 0 Å². The third kappa shape index (κ3) is 2.42. The number of benzene rings is 1. The van der Waals surface area contributed by atoms with E-state index in [1.807, 2.05) is 24.4 Å². The number of hydrogen-bond donors (Lipinski definition) is 1. The lowest BCUT2D eigenvalue weighted by Gasteiger charge is -2.06. The van der Waals surface area contributed by atoms with Gasteiger partial charge in [-0.3, -0.25) is 4.98 Å². The van der Waals surface area contributed by atoms with Crippen molar-refractivity contribution in [2.45, 2.75) is 13.0 Å². The molecule has 0 aliphatic carbocycles. The lowest BCUT2D eigenvalue weighted by molar-refractivity contribution is 1.01. The molecule has 2 aromatic rings.